The minimum atomic E-state index is 0.186. The van der Waals surface area contributed by atoms with Crippen molar-refractivity contribution in [2.24, 2.45) is 5.41 Å². The van der Waals surface area contributed by atoms with Crippen LogP contribution >= 0.6 is 0 Å². The summed E-state index contributed by atoms with van der Waals surface area (Å²) in [5.74, 6) is 0. The molecule has 0 aliphatic heterocycles. The minimum Gasteiger partial charge on any atom is -0.396 e. The number of hydrogen-bond acceptors (Lipinski definition) is 3. The summed E-state index contributed by atoms with van der Waals surface area (Å²) in [6, 6.07) is 0. The lowest BCUT2D eigenvalue weighted by Gasteiger charge is -2.26. The van der Waals surface area contributed by atoms with Crippen molar-refractivity contribution in [1.29, 1.82) is 0 Å². The van der Waals surface area contributed by atoms with Crippen molar-refractivity contribution in [3.05, 3.63) is 0 Å². The second-order valence-electron chi connectivity index (χ2n) is 5.18. The van der Waals surface area contributed by atoms with E-state index in [2.05, 4.69) is 5.32 Å². The van der Waals surface area contributed by atoms with E-state index in [1.54, 1.807) is 0 Å². The van der Waals surface area contributed by atoms with E-state index in [9.17, 15) is 5.11 Å². The van der Waals surface area contributed by atoms with Crippen molar-refractivity contribution in [3.8, 4) is 0 Å². The summed E-state index contributed by atoms with van der Waals surface area (Å²) in [4.78, 5) is 0. The van der Waals surface area contributed by atoms with Crippen LogP contribution in [-0.4, -0.2) is 36.5 Å². The zero-order valence-electron chi connectivity index (χ0n) is 10.4. The van der Waals surface area contributed by atoms with Gasteiger partial charge in [-0.25, -0.2) is 0 Å². The van der Waals surface area contributed by atoms with Crippen molar-refractivity contribution in [2.75, 3.05) is 26.3 Å². The van der Waals surface area contributed by atoms with E-state index in [-0.39, 0.29) is 5.41 Å². The fraction of sp³-hybridized carbons (Fsp3) is 1.00. The first-order valence-corrected chi connectivity index (χ1v) is 6.75. The van der Waals surface area contributed by atoms with Crippen LogP contribution in [0.1, 0.15) is 51.4 Å². The first kappa shape index (κ1) is 13.9. The van der Waals surface area contributed by atoms with Gasteiger partial charge in [-0.05, 0) is 32.2 Å². The fourth-order valence-electron chi connectivity index (χ4n) is 2.58. The zero-order chi connectivity index (χ0) is 11.7. The Bertz CT molecular complexity index is 167. The Morgan fingerprint density at radius 1 is 0.938 bits per heavy atom. The first-order valence-electron chi connectivity index (χ1n) is 6.75. The number of hydrogen-bond donors (Lipinski definition) is 3. The number of aliphatic hydroxyl groups excluding tert-OH is 2. The second-order valence-corrected chi connectivity index (χ2v) is 5.18. The fourth-order valence-corrected chi connectivity index (χ4v) is 2.58. The quantitative estimate of drug-likeness (QED) is 0.527. The standard InChI is InChI=1S/C13H27NO2/c15-10-6-2-1-5-9-14-11-13(12-16)7-3-4-8-13/h14-16H,1-12H2. The van der Waals surface area contributed by atoms with E-state index in [4.69, 9.17) is 5.11 Å². The van der Waals surface area contributed by atoms with Gasteiger partial charge in [0.25, 0.3) is 0 Å². The van der Waals surface area contributed by atoms with Gasteiger partial charge in [0, 0.05) is 25.2 Å². The van der Waals surface area contributed by atoms with Crippen LogP contribution in [0.4, 0.5) is 0 Å². The molecule has 1 saturated carbocycles. The van der Waals surface area contributed by atoms with Crippen LogP contribution in [0.3, 0.4) is 0 Å². The lowest BCUT2D eigenvalue weighted by atomic mass is 9.87. The van der Waals surface area contributed by atoms with E-state index in [0.29, 0.717) is 13.2 Å². The van der Waals surface area contributed by atoms with Crippen LogP contribution in [0.2, 0.25) is 0 Å². The summed E-state index contributed by atoms with van der Waals surface area (Å²) in [7, 11) is 0. The minimum absolute atomic E-state index is 0.186. The molecule has 0 unspecified atom stereocenters. The van der Waals surface area contributed by atoms with E-state index in [1.807, 2.05) is 0 Å². The summed E-state index contributed by atoms with van der Waals surface area (Å²) in [5.41, 5.74) is 0.186. The number of rotatable bonds is 9. The SMILES string of the molecule is OCCCCCCNCC1(CO)CCCC1. The molecule has 1 fully saturated rings. The molecule has 0 spiro atoms. The van der Waals surface area contributed by atoms with Crippen molar-refractivity contribution < 1.29 is 10.2 Å². The highest BCUT2D eigenvalue weighted by Crippen LogP contribution is 2.36. The van der Waals surface area contributed by atoms with Crippen molar-refractivity contribution in [1.82, 2.24) is 5.32 Å². The van der Waals surface area contributed by atoms with Crippen LogP contribution in [-0.2, 0) is 0 Å². The third-order valence-electron chi connectivity index (χ3n) is 3.76. The maximum absolute atomic E-state index is 9.42. The van der Waals surface area contributed by atoms with Crippen LogP contribution < -0.4 is 5.32 Å². The van der Waals surface area contributed by atoms with Crippen LogP contribution in [0.5, 0.6) is 0 Å². The number of nitrogens with one attached hydrogen (secondary N) is 1. The predicted octanol–water partition coefficient (Wildman–Crippen LogP) is 1.68. The molecule has 0 bridgehead atoms. The molecule has 1 rings (SSSR count). The molecule has 0 heterocycles. The highest BCUT2D eigenvalue weighted by molar-refractivity contribution is 4.85. The van der Waals surface area contributed by atoms with Crippen LogP contribution in [0, 0.1) is 5.41 Å². The van der Waals surface area contributed by atoms with Gasteiger partial charge >= 0.3 is 0 Å². The van der Waals surface area contributed by atoms with Gasteiger partial charge in [0.2, 0.25) is 0 Å². The maximum atomic E-state index is 9.42. The van der Waals surface area contributed by atoms with Gasteiger partial charge in [0.05, 0.1) is 0 Å². The molecule has 3 nitrogen and oxygen atoms in total. The Morgan fingerprint density at radius 3 is 2.25 bits per heavy atom. The molecule has 1 aliphatic carbocycles. The Morgan fingerprint density at radius 2 is 1.62 bits per heavy atom. The molecule has 0 aromatic heterocycles. The topological polar surface area (TPSA) is 52.5 Å². The summed E-state index contributed by atoms with van der Waals surface area (Å²) in [6.45, 7) is 2.68. The Hall–Kier alpha value is -0.120. The molecule has 3 N–H and O–H groups in total. The van der Waals surface area contributed by atoms with E-state index in [1.165, 1.54) is 38.5 Å². The third-order valence-corrected chi connectivity index (χ3v) is 3.76. The molecule has 1 aliphatic rings. The number of unbranched alkanes of at least 4 members (excludes halogenated alkanes) is 3. The molecule has 0 atom stereocenters. The van der Waals surface area contributed by atoms with Gasteiger partial charge in [-0.2, -0.15) is 0 Å². The molecule has 0 saturated heterocycles. The summed E-state index contributed by atoms with van der Waals surface area (Å²) >= 11 is 0. The van der Waals surface area contributed by atoms with Gasteiger partial charge in [0.1, 0.15) is 0 Å². The van der Waals surface area contributed by atoms with Gasteiger partial charge in [0.15, 0.2) is 0 Å². The van der Waals surface area contributed by atoms with E-state index >= 15 is 0 Å². The molecule has 16 heavy (non-hydrogen) atoms. The lowest BCUT2D eigenvalue weighted by Crippen LogP contribution is -2.35. The van der Waals surface area contributed by atoms with Crippen molar-refractivity contribution >= 4 is 0 Å². The molecular weight excluding hydrogens is 202 g/mol. The Labute approximate surface area is 99.3 Å². The number of aliphatic hydroxyl groups is 2. The average Bonchev–Trinajstić information content (AvgIpc) is 2.77. The molecule has 0 radical (unpaired) electrons. The molecule has 0 amide bonds. The Balaban J connectivity index is 1.97. The first-order chi connectivity index (χ1) is 7.83. The lowest BCUT2D eigenvalue weighted by molar-refractivity contribution is 0.128. The second kappa shape index (κ2) is 8.04. The predicted molar refractivity (Wildman–Crippen MR) is 66.4 cm³/mol. The zero-order valence-corrected chi connectivity index (χ0v) is 10.4. The van der Waals surface area contributed by atoms with Crippen molar-refractivity contribution in [3.63, 3.8) is 0 Å². The van der Waals surface area contributed by atoms with E-state index in [0.717, 1.165) is 25.9 Å². The Kier molecular flexibility index (Phi) is 7.01. The molecule has 0 aromatic carbocycles. The highest BCUT2D eigenvalue weighted by Gasteiger charge is 2.32. The van der Waals surface area contributed by atoms with Gasteiger partial charge in [-0.3, -0.25) is 0 Å². The molecule has 3 heteroatoms. The molecule has 0 aromatic rings. The van der Waals surface area contributed by atoms with Gasteiger partial charge in [-0.1, -0.05) is 25.7 Å². The highest BCUT2D eigenvalue weighted by atomic mass is 16.3. The summed E-state index contributed by atoms with van der Waals surface area (Å²) in [5, 5.41) is 21.5. The molecular formula is C13H27NO2. The third kappa shape index (κ3) is 4.81. The monoisotopic (exact) mass is 229 g/mol. The largest absolute Gasteiger partial charge is 0.396 e. The van der Waals surface area contributed by atoms with Crippen molar-refractivity contribution in [2.45, 2.75) is 51.4 Å². The smallest absolute Gasteiger partial charge is 0.0499 e. The van der Waals surface area contributed by atoms with Crippen LogP contribution in [0.25, 0.3) is 0 Å². The maximum Gasteiger partial charge on any atom is 0.0499 e. The normalized spacial score (nSPS) is 19.1. The van der Waals surface area contributed by atoms with Gasteiger partial charge < -0.3 is 15.5 Å². The average molecular weight is 229 g/mol. The summed E-state index contributed by atoms with van der Waals surface area (Å²) < 4.78 is 0. The summed E-state index contributed by atoms with van der Waals surface area (Å²) in [6.07, 6.45) is 9.35. The van der Waals surface area contributed by atoms with Gasteiger partial charge in [-0.15, -0.1) is 0 Å². The molecule has 96 valence electrons. The van der Waals surface area contributed by atoms with E-state index < -0.39 is 0 Å². The van der Waals surface area contributed by atoms with Crippen LogP contribution in [0.15, 0.2) is 0 Å².